The first-order chi connectivity index (χ1) is 8.79. The molecule has 0 saturated heterocycles. The highest BCUT2D eigenvalue weighted by atomic mass is 19.4. The fraction of sp³-hybridized carbons (Fsp3) is 0.0909. The van der Waals surface area contributed by atoms with Gasteiger partial charge in [0.2, 0.25) is 0 Å². The van der Waals surface area contributed by atoms with Crippen molar-refractivity contribution in [3.63, 3.8) is 0 Å². The zero-order valence-electron chi connectivity index (χ0n) is 9.02. The third-order valence-electron chi connectivity index (χ3n) is 2.20. The molecule has 0 bridgehead atoms. The number of rotatable bonds is 2. The number of ether oxygens (including phenoxy) is 1. The summed E-state index contributed by atoms with van der Waals surface area (Å²) in [5.41, 5.74) is -2.81. The van der Waals surface area contributed by atoms with Gasteiger partial charge in [-0.15, -0.1) is 13.2 Å². The van der Waals surface area contributed by atoms with Crippen LogP contribution in [-0.2, 0) is 0 Å². The number of hydrogen-bond donors (Lipinski definition) is 1. The molecule has 1 aromatic carbocycles. The Morgan fingerprint density at radius 1 is 1.26 bits per heavy atom. The molecule has 0 aliphatic rings. The first-order valence-electron chi connectivity index (χ1n) is 4.84. The summed E-state index contributed by atoms with van der Waals surface area (Å²) in [6.07, 6.45) is -5.12. The Kier molecular flexibility index (Phi) is 2.93. The van der Waals surface area contributed by atoms with Gasteiger partial charge < -0.3 is 14.3 Å². The first kappa shape index (κ1) is 12.9. The summed E-state index contributed by atoms with van der Waals surface area (Å²) in [6.45, 7) is 0. The van der Waals surface area contributed by atoms with Crippen LogP contribution in [0.2, 0.25) is 0 Å². The molecule has 1 N–H and O–H groups in total. The molecule has 0 saturated carbocycles. The van der Waals surface area contributed by atoms with Crippen LogP contribution in [0.15, 0.2) is 33.5 Å². The summed E-state index contributed by atoms with van der Waals surface area (Å²) in [7, 11) is 0. The molecule has 0 aliphatic heterocycles. The number of alkyl halides is 3. The Morgan fingerprint density at radius 2 is 1.89 bits per heavy atom. The Balaban J connectivity index is 2.84. The van der Waals surface area contributed by atoms with Gasteiger partial charge in [0.05, 0.1) is 5.39 Å². The molecule has 1 aromatic heterocycles. The Morgan fingerprint density at radius 3 is 2.47 bits per heavy atom. The van der Waals surface area contributed by atoms with E-state index in [9.17, 15) is 22.8 Å². The van der Waals surface area contributed by atoms with Gasteiger partial charge in [-0.1, -0.05) is 12.1 Å². The van der Waals surface area contributed by atoms with E-state index in [0.717, 1.165) is 6.07 Å². The van der Waals surface area contributed by atoms with E-state index < -0.39 is 29.3 Å². The van der Waals surface area contributed by atoms with Crippen molar-refractivity contribution in [1.82, 2.24) is 0 Å². The van der Waals surface area contributed by atoms with Crippen molar-refractivity contribution in [2.45, 2.75) is 6.36 Å². The number of aromatic carboxylic acids is 1. The van der Waals surface area contributed by atoms with Crippen molar-refractivity contribution < 1.29 is 32.2 Å². The summed E-state index contributed by atoms with van der Waals surface area (Å²) >= 11 is 0. The molecule has 5 nitrogen and oxygen atoms in total. The predicted octanol–water partition coefficient (Wildman–Crippen LogP) is 2.39. The van der Waals surface area contributed by atoms with Crippen molar-refractivity contribution in [2.75, 3.05) is 0 Å². The lowest BCUT2D eigenvalue weighted by Gasteiger charge is -2.12. The average molecular weight is 274 g/mol. The number of benzene rings is 1. The summed E-state index contributed by atoms with van der Waals surface area (Å²) in [5, 5.41) is 8.54. The van der Waals surface area contributed by atoms with Crippen LogP contribution in [0.1, 0.15) is 10.4 Å². The highest BCUT2D eigenvalue weighted by Gasteiger charge is 2.35. The molecule has 2 aromatic rings. The van der Waals surface area contributed by atoms with E-state index in [1.807, 2.05) is 0 Å². The summed E-state index contributed by atoms with van der Waals surface area (Å²) in [4.78, 5) is 22.3. The standard InChI is InChI=1S/C11H5F3O5/c12-11(13,14)19-8-5-3-1-2-4-6(5)18-10(17)7(8)9(15)16/h1-4H,(H,15,16). The Hall–Kier alpha value is -2.51. The van der Waals surface area contributed by atoms with Crippen LogP contribution in [-0.4, -0.2) is 17.4 Å². The minimum atomic E-state index is -5.12. The van der Waals surface area contributed by atoms with Crippen molar-refractivity contribution in [2.24, 2.45) is 0 Å². The van der Waals surface area contributed by atoms with Gasteiger partial charge in [0.1, 0.15) is 5.58 Å². The van der Waals surface area contributed by atoms with Gasteiger partial charge >= 0.3 is 18.0 Å². The van der Waals surface area contributed by atoms with Gasteiger partial charge in [0.25, 0.3) is 0 Å². The van der Waals surface area contributed by atoms with E-state index in [1.165, 1.54) is 18.2 Å². The number of carboxylic acids is 1. The molecule has 2 rings (SSSR count). The zero-order valence-corrected chi connectivity index (χ0v) is 9.02. The maximum absolute atomic E-state index is 12.3. The lowest BCUT2D eigenvalue weighted by molar-refractivity contribution is -0.274. The minimum absolute atomic E-state index is 0.197. The Labute approximate surface area is 102 Å². The van der Waals surface area contributed by atoms with Crippen LogP contribution >= 0.6 is 0 Å². The van der Waals surface area contributed by atoms with E-state index in [2.05, 4.69) is 9.15 Å². The molecule has 100 valence electrons. The highest BCUT2D eigenvalue weighted by Crippen LogP contribution is 2.32. The van der Waals surface area contributed by atoms with E-state index >= 15 is 0 Å². The number of hydrogen-bond acceptors (Lipinski definition) is 4. The summed E-state index contributed by atoms with van der Waals surface area (Å²) in [5.74, 6) is -2.94. The highest BCUT2D eigenvalue weighted by molar-refractivity contribution is 5.97. The van der Waals surface area contributed by atoms with Crippen molar-refractivity contribution in [3.05, 3.63) is 40.2 Å². The van der Waals surface area contributed by atoms with Crippen LogP contribution in [0.4, 0.5) is 13.2 Å². The zero-order chi connectivity index (χ0) is 14.2. The third kappa shape index (κ3) is 2.51. The van der Waals surface area contributed by atoms with E-state index in [1.54, 1.807) is 0 Å². The van der Waals surface area contributed by atoms with Gasteiger partial charge in [0.15, 0.2) is 11.3 Å². The van der Waals surface area contributed by atoms with Gasteiger partial charge in [-0.25, -0.2) is 9.59 Å². The fourth-order valence-corrected chi connectivity index (χ4v) is 1.53. The van der Waals surface area contributed by atoms with E-state index in [-0.39, 0.29) is 11.0 Å². The van der Waals surface area contributed by atoms with Gasteiger partial charge in [-0.2, -0.15) is 0 Å². The van der Waals surface area contributed by atoms with Crippen LogP contribution in [0, 0.1) is 0 Å². The average Bonchev–Trinajstić information content (AvgIpc) is 2.26. The van der Waals surface area contributed by atoms with Gasteiger partial charge in [-0.3, -0.25) is 0 Å². The maximum Gasteiger partial charge on any atom is 0.573 e. The third-order valence-corrected chi connectivity index (χ3v) is 2.20. The number of fused-ring (bicyclic) bond motifs is 1. The second-order valence-electron chi connectivity index (χ2n) is 3.44. The molecule has 0 radical (unpaired) electrons. The van der Waals surface area contributed by atoms with E-state index in [4.69, 9.17) is 5.11 Å². The SMILES string of the molecule is O=C(O)c1c(OC(F)(F)F)c2ccccc2oc1=O. The van der Waals surface area contributed by atoms with Crippen molar-refractivity contribution in [3.8, 4) is 5.75 Å². The van der Waals surface area contributed by atoms with Crippen LogP contribution in [0.5, 0.6) is 5.75 Å². The number of carboxylic acid groups (broad SMARTS) is 1. The smallest absolute Gasteiger partial charge is 0.477 e. The second-order valence-corrected chi connectivity index (χ2v) is 3.44. The summed E-state index contributed by atoms with van der Waals surface area (Å²) < 4.78 is 45.2. The first-order valence-corrected chi connectivity index (χ1v) is 4.84. The van der Waals surface area contributed by atoms with Gasteiger partial charge in [0, 0.05) is 0 Å². The van der Waals surface area contributed by atoms with Crippen LogP contribution in [0.3, 0.4) is 0 Å². The van der Waals surface area contributed by atoms with Crippen LogP contribution < -0.4 is 10.4 Å². The van der Waals surface area contributed by atoms with E-state index in [0.29, 0.717) is 0 Å². The normalized spacial score (nSPS) is 11.5. The molecule has 1 heterocycles. The molecule has 8 heteroatoms. The largest absolute Gasteiger partial charge is 0.573 e. The lowest BCUT2D eigenvalue weighted by atomic mass is 10.1. The number of halogens is 3. The number of carbonyl (C=O) groups is 1. The predicted molar refractivity (Wildman–Crippen MR) is 56.1 cm³/mol. The molecule has 0 spiro atoms. The maximum atomic E-state index is 12.3. The molecule has 0 atom stereocenters. The Bertz CT molecular complexity index is 702. The molecular formula is C11H5F3O5. The molecule has 0 aliphatic carbocycles. The minimum Gasteiger partial charge on any atom is -0.477 e. The van der Waals surface area contributed by atoms with Crippen molar-refractivity contribution in [1.29, 1.82) is 0 Å². The molecule has 0 amide bonds. The summed E-state index contributed by atoms with van der Waals surface area (Å²) in [6, 6.07) is 5.16. The molecular weight excluding hydrogens is 269 g/mol. The van der Waals surface area contributed by atoms with Gasteiger partial charge in [-0.05, 0) is 12.1 Å². The lowest BCUT2D eigenvalue weighted by Crippen LogP contribution is -2.23. The molecule has 0 unspecified atom stereocenters. The van der Waals surface area contributed by atoms with Crippen LogP contribution in [0.25, 0.3) is 11.0 Å². The molecule has 19 heavy (non-hydrogen) atoms. The number of para-hydroxylation sites is 1. The molecule has 0 fully saturated rings. The second kappa shape index (κ2) is 4.30. The van der Waals surface area contributed by atoms with Crippen molar-refractivity contribution >= 4 is 16.9 Å². The fourth-order valence-electron chi connectivity index (χ4n) is 1.53. The monoisotopic (exact) mass is 274 g/mol. The quantitative estimate of drug-likeness (QED) is 0.851. The topological polar surface area (TPSA) is 76.7 Å².